The van der Waals surface area contributed by atoms with Crippen LogP contribution in [0.3, 0.4) is 0 Å². The van der Waals surface area contributed by atoms with Crippen molar-refractivity contribution in [2.45, 2.75) is 13.0 Å². The van der Waals surface area contributed by atoms with E-state index in [2.05, 4.69) is 10.6 Å². The molecule has 0 saturated heterocycles. The second-order valence-electron chi connectivity index (χ2n) is 4.94. The molecule has 0 radical (unpaired) electrons. The Kier molecular flexibility index (Phi) is 5.76. The summed E-state index contributed by atoms with van der Waals surface area (Å²) >= 11 is 5.28. The lowest BCUT2D eigenvalue weighted by Gasteiger charge is -2.18. The maximum atomic E-state index is 12.9. The first-order valence-electron chi connectivity index (χ1n) is 7.08. The van der Waals surface area contributed by atoms with E-state index in [-0.39, 0.29) is 11.9 Å². The van der Waals surface area contributed by atoms with Gasteiger partial charge < -0.3 is 20.1 Å². The van der Waals surface area contributed by atoms with Crippen molar-refractivity contribution in [2.75, 3.05) is 19.5 Å². The summed E-state index contributed by atoms with van der Waals surface area (Å²) in [7, 11) is 3.20. The predicted octanol–water partition coefficient (Wildman–Crippen LogP) is 3.89. The van der Waals surface area contributed by atoms with Crippen molar-refractivity contribution in [2.24, 2.45) is 0 Å². The Bertz CT molecular complexity index is 677. The molecule has 0 fully saturated rings. The minimum atomic E-state index is -0.284. The first-order valence-corrected chi connectivity index (χ1v) is 7.49. The fourth-order valence-corrected chi connectivity index (χ4v) is 2.40. The van der Waals surface area contributed by atoms with Crippen molar-refractivity contribution < 1.29 is 13.9 Å². The summed E-state index contributed by atoms with van der Waals surface area (Å²) in [5, 5.41) is 6.65. The molecule has 23 heavy (non-hydrogen) atoms. The molecule has 0 aliphatic carbocycles. The van der Waals surface area contributed by atoms with Crippen molar-refractivity contribution >= 4 is 23.0 Å². The summed E-state index contributed by atoms with van der Waals surface area (Å²) in [6, 6.07) is 11.7. The fourth-order valence-electron chi connectivity index (χ4n) is 2.10. The molecule has 0 amide bonds. The Morgan fingerprint density at radius 2 is 1.70 bits per heavy atom. The Morgan fingerprint density at radius 3 is 2.30 bits per heavy atom. The van der Waals surface area contributed by atoms with Crippen LogP contribution in [0.25, 0.3) is 0 Å². The van der Waals surface area contributed by atoms with Gasteiger partial charge in [0.25, 0.3) is 0 Å². The van der Waals surface area contributed by atoms with Crippen molar-refractivity contribution in [3.63, 3.8) is 0 Å². The summed E-state index contributed by atoms with van der Waals surface area (Å²) in [4.78, 5) is 0. The van der Waals surface area contributed by atoms with Gasteiger partial charge in [0.2, 0.25) is 0 Å². The Balaban J connectivity index is 2.01. The molecular weight excluding hydrogens is 315 g/mol. The average molecular weight is 334 g/mol. The monoisotopic (exact) mass is 334 g/mol. The van der Waals surface area contributed by atoms with Crippen molar-refractivity contribution in [3.05, 3.63) is 53.8 Å². The zero-order valence-electron chi connectivity index (χ0n) is 13.2. The second kappa shape index (κ2) is 7.78. The summed E-state index contributed by atoms with van der Waals surface area (Å²) in [6.07, 6.45) is 0. The van der Waals surface area contributed by atoms with Gasteiger partial charge in [0.1, 0.15) is 5.82 Å². The molecule has 2 aromatic rings. The van der Waals surface area contributed by atoms with Crippen LogP contribution in [0.2, 0.25) is 0 Å². The van der Waals surface area contributed by atoms with E-state index in [0.29, 0.717) is 16.6 Å². The van der Waals surface area contributed by atoms with Crippen LogP contribution < -0.4 is 20.1 Å². The SMILES string of the molecule is COc1ccc(C(C)NC(=S)Nc2ccc(F)cc2)cc1OC. The molecule has 1 atom stereocenters. The average Bonchev–Trinajstić information content (AvgIpc) is 2.56. The van der Waals surface area contributed by atoms with E-state index in [0.717, 1.165) is 11.3 Å². The third kappa shape index (κ3) is 4.56. The Labute approximate surface area is 140 Å². The van der Waals surface area contributed by atoms with E-state index in [4.69, 9.17) is 21.7 Å². The van der Waals surface area contributed by atoms with E-state index in [1.807, 2.05) is 25.1 Å². The van der Waals surface area contributed by atoms with Gasteiger partial charge in [0.05, 0.1) is 20.3 Å². The topological polar surface area (TPSA) is 42.5 Å². The molecule has 2 aromatic carbocycles. The highest BCUT2D eigenvalue weighted by Crippen LogP contribution is 2.29. The lowest BCUT2D eigenvalue weighted by molar-refractivity contribution is 0.354. The standard InChI is InChI=1S/C17H19FN2O2S/c1-11(12-4-9-15(21-2)16(10-12)22-3)19-17(23)20-14-7-5-13(18)6-8-14/h4-11H,1-3H3,(H2,19,20,23). The molecule has 1 unspecified atom stereocenters. The molecule has 0 aliphatic heterocycles. The highest BCUT2D eigenvalue weighted by Gasteiger charge is 2.11. The number of rotatable bonds is 5. The van der Waals surface area contributed by atoms with Gasteiger partial charge in [-0.3, -0.25) is 0 Å². The largest absolute Gasteiger partial charge is 0.493 e. The number of thiocarbonyl (C=S) groups is 1. The highest BCUT2D eigenvalue weighted by molar-refractivity contribution is 7.80. The maximum absolute atomic E-state index is 12.9. The molecule has 4 nitrogen and oxygen atoms in total. The summed E-state index contributed by atoms with van der Waals surface area (Å²) < 4.78 is 23.4. The number of nitrogens with one attached hydrogen (secondary N) is 2. The van der Waals surface area contributed by atoms with Crippen LogP contribution in [-0.4, -0.2) is 19.3 Å². The molecule has 122 valence electrons. The molecular formula is C17H19FN2O2S. The lowest BCUT2D eigenvalue weighted by atomic mass is 10.1. The highest BCUT2D eigenvalue weighted by atomic mass is 32.1. The van der Waals surface area contributed by atoms with Gasteiger partial charge in [-0.15, -0.1) is 0 Å². The number of benzene rings is 2. The number of halogens is 1. The van der Waals surface area contributed by atoms with Crippen LogP contribution >= 0.6 is 12.2 Å². The van der Waals surface area contributed by atoms with Gasteiger partial charge >= 0.3 is 0 Å². The van der Waals surface area contributed by atoms with Crippen molar-refractivity contribution in [3.8, 4) is 11.5 Å². The summed E-state index contributed by atoms with van der Waals surface area (Å²) in [6.45, 7) is 1.99. The molecule has 0 bridgehead atoms. The quantitative estimate of drug-likeness (QED) is 0.812. The van der Waals surface area contributed by atoms with E-state index in [1.165, 1.54) is 12.1 Å². The zero-order chi connectivity index (χ0) is 16.8. The van der Waals surface area contributed by atoms with E-state index in [9.17, 15) is 4.39 Å². The summed E-state index contributed by atoms with van der Waals surface area (Å²) in [5.41, 5.74) is 1.73. The number of anilines is 1. The smallest absolute Gasteiger partial charge is 0.171 e. The minimum absolute atomic E-state index is 0.0322. The third-order valence-electron chi connectivity index (χ3n) is 3.36. The molecule has 2 rings (SSSR count). The first kappa shape index (κ1) is 17.0. The molecule has 2 N–H and O–H groups in total. The fraction of sp³-hybridized carbons (Fsp3) is 0.235. The van der Waals surface area contributed by atoms with Crippen molar-refractivity contribution in [1.29, 1.82) is 0 Å². The maximum Gasteiger partial charge on any atom is 0.171 e. The molecule has 0 spiro atoms. The van der Waals surface area contributed by atoms with Gasteiger partial charge in [-0.1, -0.05) is 6.07 Å². The second-order valence-corrected chi connectivity index (χ2v) is 5.35. The zero-order valence-corrected chi connectivity index (χ0v) is 14.0. The van der Waals surface area contributed by atoms with Crippen LogP contribution in [0.15, 0.2) is 42.5 Å². The molecule has 0 aliphatic rings. The molecule has 6 heteroatoms. The van der Waals surface area contributed by atoms with Crippen LogP contribution in [0.4, 0.5) is 10.1 Å². The van der Waals surface area contributed by atoms with Gasteiger partial charge in [-0.2, -0.15) is 0 Å². The van der Waals surface area contributed by atoms with Crippen LogP contribution in [0, 0.1) is 5.82 Å². The van der Waals surface area contributed by atoms with Crippen molar-refractivity contribution in [1.82, 2.24) is 5.32 Å². The molecule has 0 heterocycles. The first-order chi connectivity index (χ1) is 11.0. The minimum Gasteiger partial charge on any atom is -0.493 e. The summed E-state index contributed by atoms with van der Waals surface area (Å²) in [5.74, 6) is 1.06. The third-order valence-corrected chi connectivity index (χ3v) is 3.58. The van der Waals surface area contributed by atoms with Crippen LogP contribution in [0.5, 0.6) is 11.5 Å². The van der Waals surface area contributed by atoms with E-state index in [1.54, 1.807) is 26.4 Å². The Hall–Kier alpha value is -2.34. The number of hydrogen-bond acceptors (Lipinski definition) is 3. The normalized spacial score (nSPS) is 11.5. The number of hydrogen-bond donors (Lipinski definition) is 2. The molecule has 0 saturated carbocycles. The van der Waals surface area contributed by atoms with Gasteiger partial charge in [0.15, 0.2) is 16.6 Å². The van der Waals surface area contributed by atoms with Crippen LogP contribution in [-0.2, 0) is 0 Å². The van der Waals surface area contributed by atoms with E-state index < -0.39 is 0 Å². The Morgan fingerprint density at radius 1 is 1.04 bits per heavy atom. The van der Waals surface area contributed by atoms with Gasteiger partial charge in [-0.25, -0.2) is 4.39 Å². The lowest BCUT2D eigenvalue weighted by Crippen LogP contribution is -2.30. The molecule has 0 aromatic heterocycles. The number of methoxy groups -OCH3 is 2. The van der Waals surface area contributed by atoms with Crippen LogP contribution in [0.1, 0.15) is 18.5 Å². The van der Waals surface area contributed by atoms with Gasteiger partial charge in [0, 0.05) is 5.69 Å². The predicted molar refractivity (Wildman–Crippen MR) is 93.7 cm³/mol. The van der Waals surface area contributed by atoms with Gasteiger partial charge in [-0.05, 0) is 61.1 Å². The number of ether oxygens (including phenoxy) is 2. The van der Waals surface area contributed by atoms with E-state index >= 15 is 0 Å².